The van der Waals surface area contributed by atoms with Gasteiger partial charge >= 0.3 is 6.18 Å². The molecule has 27 heavy (non-hydrogen) atoms. The highest BCUT2D eigenvalue weighted by Gasteiger charge is 2.58. The Kier molecular flexibility index (Phi) is 6.02. The summed E-state index contributed by atoms with van der Waals surface area (Å²) >= 11 is 0.750. The van der Waals surface area contributed by atoms with Crippen LogP contribution in [0, 0.1) is 0 Å². The Morgan fingerprint density at radius 2 is 1.93 bits per heavy atom. The van der Waals surface area contributed by atoms with Crippen LogP contribution >= 0.6 is 11.3 Å². The largest absolute Gasteiger partial charge is 0.424 e. The molecule has 0 spiro atoms. The molecule has 1 aliphatic rings. The van der Waals surface area contributed by atoms with Crippen LogP contribution < -0.4 is 5.32 Å². The first-order valence-corrected chi connectivity index (χ1v) is 9.75. The Labute approximate surface area is 159 Å². The van der Waals surface area contributed by atoms with E-state index in [0.29, 0.717) is 16.8 Å². The van der Waals surface area contributed by atoms with E-state index in [2.05, 4.69) is 15.2 Å². The van der Waals surface area contributed by atoms with Gasteiger partial charge in [0, 0.05) is 13.1 Å². The predicted molar refractivity (Wildman–Crippen MR) is 97.5 cm³/mol. The van der Waals surface area contributed by atoms with Crippen molar-refractivity contribution in [2.45, 2.75) is 37.5 Å². The topological polar surface area (TPSA) is 65.5 Å². The summed E-state index contributed by atoms with van der Waals surface area (Å²) in [6.45, 7) is 2.73. The SMILES string of the molecule is O=C(CC(O)(c1nc2ccccc2s1)C(F)(F)F)NCCN1CCCCC1. The van der Waals surface area contributed by atoms with Crippen LogP contribution in [0.2, 0.25) is 0 Å². The molecule has 5 nitrogen and oxygen atoms in total. The molecule has 1 fully saturated rings. The molecule has 9 heteroatoms. The number of likely N-dealkylation sites (tertiary alicyclic amines) is 1. The molecule has 0 radical (unpaired) electrons. The number of hydrogen-bond acceptors (Lipinski definition) is 5. The molecule has 148 valence electrons. The molecule has 1 aliphatic heterocycles. The number of alkyl halides is 3. The molecule has 1 atom stereocenters. The highest BCUT2D eigenvalue weighted by atomic mass is 32.1. The summed E-state index contributed by atoms with van der Waals surface area (Å²) in [6, 6.07) is 6.55. The normalized spacial score (nSPS) is 18.4. The Hall–Kier alpha value is -1.71. The molecule has 0 saturated carbocycles. The highest BCUT2D eigenvalue weighted by Crippen LogP contribution is 2.44. The first kappa shape index (κ1) is 20.0. The van der Waals surface area contributed by atoms with Crippen molar-refractivity contribution in [1.29, 1.82) is 0 Å². The molecular weight excluding hydrogens is 379 g/mol. The smallest absolute Gasteiger partial charge is 0.374 e. The molecule has 2 heterocycles. The third-order valence-corrected chi connectivity index (χ3v) is 5.92. The van der Waals surface area contributed by atoms with E-state index < -0.39 is 29.1 Å². The average Bonchev–Trinajstić information content (AvgIpc) is 3.06. The van der Waals surface area contributed by atoms with E-state index in [-0.39, 0.29) is 6.54 Å². The predicted octanol–water partition coefficient (Wildman–Crippen LogP) is 3.04. The first-order chi connectivity index (χ1) is 12.8. The van der Waals surface area contributed by atoms with Gasteiger partial charge in [-0.25, -0.2) is 4.98 Å². The number of aliphatic hydroxyl groups is 1. The van der Waals surface area contributed by atoms with E-state index in [1.807, 2.05) is 0 Å². The molecule has 1 unspecified atom stereocenters. The average molecular weight is 401 g/mol. The van der Waals surface area contributed by atoms with Gasteiger partial charge in [0.25, 0.3) is 0 Å². The highest BCUT2D eigenvalue weighted by molar-refractivity contribution is 7.18. The van der Waals surface area contributed by atoms with Gasteiger partial charge in [-0.2, -0.15) is 13.2 Å². The zero-order valence-corrected chi connectivity index (χ0v) is 15.6. The van der Waals surface area contributed by atoms with Crippen molar-refractivity contribution in [3.05, 3.63) is 29.3 Å². The molecule has 2 aromatic rings. The number of nitrogens with one attached hydrogen (secondary N) is 1. The molecule has 0 aliphatic carbocycles. The van der Waals surface area contributed by atoms with Crippen LogP contribution in [-0.2, 0) is 10.4 Å². The maximum absolute atomic E-state index is 13.6. The fourth-order valence-electron chi connectivity index (χ4n) is 3.18. The lowest BCUT2D eigenvalue weighted by Crippen LogP contribution is -2.47. The van der Waals surface area contributed by atoms with Crippen LogP contribution in [0.5, 0.6) is 0 Å². The Morgan fingerprint density at radius 3 is 2.59 bits per heavy atom. The van der Waals surface area contributed by atoms with Crippen LogP contribution in [0.25, 0.3) is 10.2 Å². The summed E-state index contributed by atoms with van der Waals surface area (Å²) < 4.78 is 41.4. The van der Waals surface area contributed by atoms with Gasteiger partial charge in [0.2, 0.25) is 11.5 Å². The van der Waals surface area contributed by atoms with Gasteiger partial charge in [-0.3, -0.25) is 4.79 Å². The number of fused-ring (bicyclic) bond motifs is 1. The fourth-order valence-corrected chi connectivity index (χ4v) is 4.25. The van der Waals surface area contributed by atoms with E-state index in [0.717, 1.165) is 37.3 Å². The van der Waals surface area contributed by atoms with Crippen LogP contribution in [-0.4, -0.2) is 53.3 Å². The lowest BCUT2D eigenvalue weighted by molar-refractivity contribution is -0.267. The van der Waals surface area contributed by atoms with E-state index in [9.17, 15) is 23.1 Å². The summed E-state index contributed by atoms with van der Waals surface area (Å²) in [4.78, 5) is 18.2. The van der Waals surface area contributed by atoms with Crippen molar-refractivity contribution in [2.75, 3.05) is 26.2 Å². The van der Waals surface area contributed by atoms with E-state index >= 15 is 0 Å². The van der Waals surface area contributed by atoms with Gasteiger partial charge < -0.3 is 15.3 Å². The second kappa shape index (κ2) is 8.12. The lowest BCUT2D eigenvalue weighted by Gasteiger charge is -2.28. The number of rotatable bonds is 6. The second-order valence-electron chi connectivity index (χ2n) is 6.77. The van der Waals surface area contributed by atoms with Crippen LogP contribution in [0.3, 0.4) is 0 Å². The molecule has 1 aromatic carbocycles. The summed E-state index contributed by atoms with van der Waals surface area (Å²) in [5.74, 6) is -0.842. The molecule has 1 aromatic heterocycles. The number of nitrogens with zero attached hydrogens (tertiary/aromatic N) is 2. The summed E-state index contributed by atoms with van der Waals surface area (Å²) in [7, 11) is 0. The van der Waals surface area contributed by atoms with Gasteiger partial charge in [-0.15, -0.1) is 11.3 Å². The van der Waals surface area contributed by atoms with Gasteiger partial charge in [-0.05, 0) is 38.1 Å². The van der Waals surface area contributed by atoms with Crippen molar-refractivity contribution in [2.24, 2.45) is 0 Å². The van der Waals surface area contributed by atoms with Crippen LogP contribution in [0.1, 0.15) is 30.7 Å². The number of thiazole rings is 1. The summed E-state index contributed by atoms with van der Waals surface area (Å²) in [6.07, 6.45) is -2.73. The minimum absolute atomic E-state index is 0.257. The number of amides is 1. The number of carbonyl (C=O) groups is 1. The zero-order chi connectivity index (χ0) is 19.5. The maximum atomic E-state index is 13.6. The van der Waals surface area contributed by atoms with Gasteiger partial charge in [0.1, 0.15) is 5.01 Å². The second-order valence-corrected chi connectivity index (χ2v) is 7.80. The summed E-state index contributed by atoms with van der Waals surface area (Å²) in [5.41, 5.74) is -2.93. The van der Waals surface area contributed by atoms with Crippen molar-refractivity contribution < 1.29 is 23.1 Å². The number of piperidine rings is 1. The number of aromatic nitrogens is 1. The maximum Gasteiger partial charge on any atom is 0.424 e. The van der Waals surface area contributed by atoms with E-state index in [1.165, 1.54) is 6.42 Å². The monoisotopic (exact) mass is 401 g/mol. The van der Waals surface area contributed by atoms with Gasteiger partial charge in [0.05, 0.1) is 16.6 Å². The number of para-hydroxylation sites is 1. The van der Waals surface area contributed by atoms with Crippen molar-refractivity contribution in [1.82, 2.24) is 15.2 Å². The van der Waals surface area contributed by atoms with E-state index in [1.54, 1.807) is 24.3 Å². The Morgan fingerprint density at radius 1 is 1.22 bits per heavy atom. The molecule has 1 amide bonds. The fraction of sp³-hybridized carbons (Fsp3) is 0.556. The number of hydrogen-bond donors (Lipinski definition) is 2. The first-order valence-electron chi connectivity index (χ1n) is 8.94. The minimum Gasteiger partial charge on any atom is -0.374 e. The molecule has 1 saturated heterocycles. The molecular formula is C18H22F3N3O2S. The zero-order valence-electron chi connectivity index (χ0n) is 14.8. The van der Waals surface area contributed by atoms with Crippen LogP contribution in [0.15, 0.2) is 24.3 Å². The van der Waals surface area contributed by atoms with Crippen LogP contribution in [0.4, 0.5) is 13.2 Å². The Balaban J connectivity index is 1.67. The van der Waals surface area contributed by atoms with Gasteiger partial charge in [-0.1, -0.05) is 18.6 Å². The molecule has 2 N–H and O–H groups in total. The number of halogens is 3. The third-order valence-electron chi connectivity index (χ3n) is 4.73. The number of benzene rings is 1. The van der Waals surface area contributed by atoms with Crippen molar-refractivity contribution in [3.8, 4) is 0 Å². The quantitative estimate of drug-likeness (QED) is 0.781. The van der Waals surface area contributed by atoms with Crippen molar-refractivity contribution >= 4 is 27.5 Å². The summed E-state index contributed by atoms with van der Waals surface area (Å²) in [5, 5.41) is 12.4. The number of carbonyl (C=O) groups excluding carboxylic acids is 1. The third kappa shape index (κ3) is 4.59. The van der Waals surface area contributed by atoms with Crippen molar-refractivity contribution in [3.63, 3.8) is 0 Å². The lowest BCUT2D eigenvalue weighted by atomic mass is 9.99. The minimum atomic E-state index is -5.01. The standard InChI is InChI=1S/C18H22F3N3O2S/c19-18(20,21)17(26,16-23-13-6-2-3-7-14(13)27-16)12-15(25)22-8-11-24-9-4-1-5-10-24/h2-3,6-7,26H,1,4-5,8-12H2,(H,22,25). The Bertz CT molecular complexity index is 756. The van der Waals surface area contributed by atoms with Gasteiger partial charge in [0.15, 0.2) is 0 Å². The van der Waals surface area contributed by atoms with E-state index in [4.69, 9.17) is 0 Å². The molecule has 3 rings (SSSR count). The molecule has 0 bridgehead atoms.